The highest BCUT2D eigenvalue weighted by atomic mass is 19.1. The van der Waals surface area contributed by atoms with Crippen LogP contribution >= 0.6 is 0 Å². The molecule has 7 rings (SSSR count). The van der Waals surface area contributed by atoms with Crippen LogP contribution in [0, 0.1) is 17.0 Å². The van der Waals surface area contributed by atoms with Crippen LogP contribution in [-0.2, 0) is 16.1 Å². The lowest BCUT2D eigenvalue weighted by Gasteiger charge is -2.26. The Morgan fingerprint density at radius 1 is 0.896 bits per heavy atom. The van der Waals surface area contributed by atoms with Crippen LogP contribution in [0.4, 0.5) is 20.2 Å². The number of anilines is 2. The Balaban J connectivity index is 1.27. The summed E-state index contributed by atoms with van der Waals surface area (Å²) >= 11 is 0. The van der Waals surface area contributed by atoms with Gasteiger partial charge in [0.2, 0.25) is 11.8 Å². The molecule has 0 atom stereocenters. The van der Waals surface area contributed by atoms with Crippen LogP contribution in [0.2, 0.25) is 0 Å². The molecule has 2 N–H and O–H groups in total. The molecule has 1 aliphatic rings. The number of halogens is 2. The van der Waals surface area contributed by atoms with Crippen molar-refractivity contribution in [1.82, 2.24) is 14.8 Å². The van der Waals surface area contributed by atoms with Crippen LogP contribution in [0.25, 0.3) is 22.3 Å². The Labute approximate surface area is 274 Å². The van der Waals surface area contributed by atoms with Gasteiger partial charge in [-0.15, -0.1) is 0 Å². The number of carbonyl (C=O) groups is 2. The van der Waals surface area contributed by atoms with E-state index in [1.54, 1.807) is 24.1 Å². The third kappa shape index (κ3) is 5.59. The van der Waals surface area contributed by atoms with E-state index >= 15 is 4.39 Å². The topological polar surface area (TPSA) is 113 Å². The fourth-order valence-corrected chi connectivity index (χ4v) is 5.68. The van der Waals surface area contributed by atoms with Crippen LogP contribution in [0.3, 0.4) is 0 Å². The third-order valence-electron chi connectivity index (χ3n) is 8.45. The van der Waals surface area contributed by atoms with Gasteiger partial charge in [0.25, 0.3) is 0 Å². The number of benzene rings is 4. The van der Waals surface area contributed by atoms with Crippen LogP contribution in [0.1, 0.15) is 18.4 Å². The fourth-order valence-electron chi connectivity index (χ4n) is 5.68. The molecule has 6 aromatic rings. The van der Waals surface area contributed by atoms with E-state index in [0.29, 0.717) is 29.0 Å². The number of amides is 2. The van der Waals surface area contributed by atoms with E-state index < -0.39 is 28.9 Å². The number of fused-ring (bicyclic) bond motifs is 1. The minimum Gasteiger partial charge on any atom is -0.497 e. The second-order valence-electron chi connectivity index (χ2n) is 11.5. The molecule has 0 saturated heterocycles. The molecule has 240 valence electrons. The van der Waals surface area contributed by atoms with Crippen LogP contribution in [-0.4, -0.2) is 33.7 Å². The lowest BCUT2D eigenvalue weighted by atomic mass is 10.0. The third-order valence-corrected chi connectivity index (χ3v) is 8.45. The molecule has 0 bridgehead atoms. The first-order valence-corrected chi connectivity index (χ1v) is 15.2. The van der Waals surface area contributed by atoms with Crippen molar-refractivity contribution in [3.63, 3.8) is 0 Å². The van der Waals surface area contributed by atoms with Crippen molar-refractivity contribution in [2.75, 3.05) is 12.0 Å². The van der Waals surface area contributed by atoms with Crippen LogP contribution in [0.15, 0.2) is 109 Å². The van der Waals surface area contributed by atoms with Gasteiger partial charge in [-0.25, -0.2) is 18.4 Å². The smallest absolute Gasteiger partial charge is 0.247 e. The number of hydrogen-bond donors (Lipinski definition) is 1. The van der Waals surface area contributed by atoms with Gasteiger partial charge in [-0.05, 0) is 73.0 Å². The number of pyridine rings is 1. The van der Waals surface area contributed by atoms with E-state index in [0.717, 1.165) is 22.9 Å². The summed E-state index contributed by atoms with van der Waals surface area (Å²) in [6.07, 6.45) is 2.12. The Hall–Kier alpha value is -6.10. The fraction of sp³-hybridized carbons (Fsp3) is 0.135. The van der Waals surface area contributed by atoms with Gasteiger partial charge in [-0.1, -0.05) is 42.5 Å². The minimum absolute atomic E-state index is 0.115. The van der Waals surface area contributed by atoms with E-state index in [2.05, 4.69) is 4.98 Å². The maximum Gasteiger partial charge on any atom is 0.247 e. The molecule has 1 saturated carbocycles. The maximum absolute atomic E-state index is 15.9. The van der Waals surface area contributed by atoms with Crippen molar-refractivity contribution >= 4 is 34.2 Å². The monoisotopic (exact) mass is 645 g/mol. The number of methoxy groups -OCH3 is 1. The molecule has 0 aliphatic heterocycles. The number of ether oxygens (including phenoxy) is 2. The van der Waals surface area contributed by atoms with Gasteiger partial charge in [0.1, 0.15) is 28.4 Å². The molecular formula is C37H29F2N5O4. The SMILES string of the molecule is COc1ccc(Cn2nc(-c3ccccc3)c3c(Oc4ccc(N(C(=O)C5(C(N)=O)CC5)c5ccc(F)cc5)cc4F)ccnc32)cc1. The molecule has 11 heteroatoms. The number of hydrogen-bond acceptors (Lipinski definition) is 6. The van der Waals surface area contributed by atoms with Gasteiger partial charge in [0.15, 0.2) is 17.2 Å². The predicted octanol–water partition coefficient (Wildman–Crippen LogP) is 7.16. The lowest BCUT2D eigenvalue weighted by molar-refractivity contribution is -0.133. The predicted molar refractivity (Wildman–Crippen MR) is 176 cm³/mol. The zero-order chi connectivity index (χ0) is 33.4. The minimum atomic E-state index is -1.40. The van der Waals surface area contributed by atoms with E-state index in [1.165, 1.54) is 41.3 Å². The number of carbonyl (C=O) groups excluding carboxylic acids is 2. The second-order valence-corrected chi connectivity index (χ2v) is 11.5. The molecular weight excluding hydrogens is 616 g/mol. The Morgan fingerprint density at radius 2 is 1.60 bits per heavy atom. The van der Waals surface area contributed by atoms with E-state index in [9.17, 15) is 14.0 Å². The molecule has 48 heavy (non-hydrogen) atoms. The zero-order valence-corrected chi connectivity index (χ0v) is 25.8. The summed E-state index contributed by atoms with van der Waals surface area (Å²) < 4.78 is 43.0. The van der Waals surface area contributed by atoms with Crippen molar-refractivity contribution < 1.29 is 27.8 Å². The largest absolute Gasteiger partial charge is 0.497 e. The summed E-state index contributed by atoms with van der Waals surface area (Å²) in [5.41, 5.74) is 7.51. The summed E-state index contributed by atoms with van der Waals surface area (Å²) in [7, 11) is 1.61. The number of primary amides is 1. The second kappa shape index (κ2) is 12.3. The first kappa shape index (κ1) is 30.5. The van der Waals surface area contributed by atoms with Gasteiger partial charge >= 0.3 is 0 Å². The molecule has 0 spiro atoms. The van der Waals surface area contributed by atoms with Gasteiger partial charge in [0, 0.05) is 23.5 Å². The molecule has 1 fully saturated rings. The summed E-state index contributed by atoms with van der Waals surface area (Å²) in [5.74, 6) is -1.71. The Kier molecular flexibility index (Phi) is 7.80. The van der Waals surface area contributed by atoms with Crippen molar-refractivity contribution in [3.05, 3.63) is 127 Å². The molecule has 0 radical (unpaired) electrons. The number of nitrogens with two attached hydrogens (primary N) is 1. The molecule has 9 nitrogen and oxygen atoms in total. The van der Waals surface area contributed by atoms with Crippen molar-refractivity contribution in [3.8, 4) is 28.5 Å². The van der Waals surface area contributed by atoms with Crippen LogP contribution < -0.4 is 20.1 Å². The number of nitrogens with zero attached hydrogens (tertiary/aromatic N) is 4. The van der Waals surface area contributed by atoms with Crippen LogP contribution in [0.5, 0.6) is 17.2 Å². The van der Waals surface area contributed by atoms with Gasteiger partial charge in [0.05, 0.1) is 24.7 Å². The quantitative estimate of drug-likeness (QED) is 0.158. The molecule has 4 aromatic carbocycles. The molecule has 2 heterocycles. The maximum atomic E-state index is 15.9. The first-order chi connectivity index (χ1) is 23.3. The number of rotatable bonds is 10. The Morgan fingerprint density at radius 3 is 2.25 bits per heavy atom. The summed E-state index contributed by atoms with van der Waals surface area (Å²) in [4.78, 5) is 31.7. The average Bonchev–Trinajstić information content (AvgIpc) is 3.85. The zero-order valence-electron chi connectivity index (χ0n) is 25.8. The Bertz CT molecular complexity index is 2150. The summed E-state index contributed by atoms with van der Waals surface area (Å²) in [6.45, 7) is 0.410. The highest BCUT2D eigenvalue weighted by Gasteiger charge is 2.57. The normalized spacial score (nSPS) is 13.2. The molecule has 0 unspecified atom stereocenters. The molecule has 1 aliphatic carbocycles. The number of aromatic nitrogens is 3. The first-order valence-electron chi connectivity index (χ1n) is 15.2. The summed E-state index contributed by atoms with van der Waals surface area (Å²) in [6, 6.07) is 28.0. The molecule has 2 aromatic heterocycles. The summed E-state index contributed by atoms with van der Waals surface area (Å²) in [5, 5.41) is 5.49. The van der Waals surface area contributed by atoms with Gasteiger partial charge < -0.3 is 15.2 Å². The highest BCUT2D eigenvalue weighted by Crippen LogP contribution is 2.49. The van der Waals surface area contributed by atoms with Gasteiger partial charge in [-0.3, -0.25) is 14.5 Å². The standard InChI is InChI=1S/C37H29F2N5O4/c1-47-28-14-7-23(8-15-28)22-43-34-32(33(42-43)24-5-3-2-4-6-24)31(17-20-41-34)48-30-16-13-27(21-29(30)39)44(26-11-9-25(38)10-12-26)36(46)37(18-19-37)35(40)45/h2-17,20-21H,18-19,22H2,1H3,(H2,40,45). The van der Waals surface area contributed by atoms with Gasteiger partial charge in [-0.2, -0.15) is 5.10 Å². The van der Waals surface area contributed by atoms with E-state index in [1.807, 2.05) is 54.6 Å². The van der Waals surface area contributed by atoms with Crippen molar-refractivity contribution in [1.29, 1.82) is 0 Å². The van der Waals surface area contributed by atoms with Crippen molar-refractivity contribution in [2.24, 2.45) is 11.1 Å². The van der Waals surface area contributed by atoms with E-state index in [4.69, 9.17) is 20.3 Å². The molecule has 2 amide bonds. The average molecular weight is 646 g/mol. The van der Waals surface area contributed by atoms with E-state index in [-0.39, 0.29) is 30.0 Å². The lowest BCUT2D eigenvalue weighted by Crippen LogP contribution is -2.41. The highest BCUT2D eigenvalue weighted by molar-refractivity contribution is 6.16. The van der Waals surface area contributed by atoms with Crippen molar-refractivity contribution in [2.45, 2.75) is 19.4 Å².